The molecule has 0 unspecified atom stereocenters. The fourth-order valence-corrected chi connectivity index (χ4v) is 1.13. The normalized spacial score (nSPS) is 15.9. The number of hydrogen-bond acceptors (Lipinski definition) is 0. The molecular formula is C13H30. The van der Waals surface area contributed by atoms with Gasteiger partial charge in [0.05, 0.1) is 0 Å². The van der Waals surface area contributed by atoms with E-state index in [9.17, 15) is 0 Å². The number of rotatable bonds is 1. The van der Waals surface area contributed by atoms with Gasteiger partial charge in [-0.25, -0.2) is 0 Å². The summed E-state index contributed by atoms with van der Waals surface area (Å²) in [5.74, 6) is 1.93. The Morgan fingerprint density at radius 3 is 1.46 bits per heavy atom. The lowest BCUT2D eigenvalue weighted by Crippen LogP contribution is -1.78. The largest absolute Gasteiger partial charge is 0.0683 e. The first-order chi connectivity index (χ1) is 6.16. The van der Waals surface area contributed by atoms with Crippen molar-refractivity contribution in [1.82, 2.24) is 0 Å². The Balaban J connectivity index is 0. The minimum absolute atomic E-state index is 0.884. The van der Waals surface area contributed by atoms with Crippen LogP contribution in [-0.2, 0) is 0 Å². The van der Waals surface area contributed by atoms with Crippen molar-refractivity contribution in [2.45, 2.75) is 73.6 Å². The highest BCUT2D eigenvalue weighted by Crippen LogP contribution is 2.22. The molecule has 13 heavy (non-hydrogen) atoms. The van der Waals surface area contributed by atoms with E-state index in [0.717, 1.165) is 11.8 Å². The summed E-state index contributed by atoms with van der Waals surface area (Å²) in [6, 6.07) is 0. The molecule has 1 aliphatic carbocycles. The molecule has 1 saturated carbocycles. The van der Waals surface area contributed by atoms with Gasteiger partial charge in [-0.05, 0) is 11.8 Å². The molecule has 1 rings (SSSR count). The highest BCUT2D eigenvalue weighted by Gasteiger charge is 2.07. The number of hydrogen-bond donors (Lipinski definition) is 0. The van der Waals surface area contributed by atoms with Crippen molar-refractivity contribution in [1.29, 1.82) is 0 Å². The zero-order chi connectivity index (χ0) is 10.7. The first-order valence-corrected chi connectivity index (χ1v) is 6.16. The average molecular weight is 186 g/mol. The molecule has 0 nitrogen and oxygen atoms in total. The molecular weight excluding hydrogens is 156 g/mol. The predicted molar refractivity (Wildman–Crippen MR) is 64.1 cm³/mol. The highest BCUT2D eigenvalue weighted by atomic mass is 14.1. The molecule has 0 heteroatoms. The summed E-state index contributed by atoms with van der Waals surface area (Å²) in [5, 5.41) is 0. The van der Waals surface area contributed by atoms with Crippen molar-refractivity contribution in [3.8, 4) is 0 Å². The van der Waals surface area contributed by atoms with E-state index in [1.165, 1.54) is 32.1 Å². The molecule has 0 spiro atoms. The van der Waals surface area contributed by atoms with E-state index >= 15 is 0 Å². The van der Waals surface area contributed by atoms with E-state index in [1.807, 2.05) is 13.8 Å². The Labute approximate surface area is 86.1 Å². The van der Waals surface area contributed by atoms with Gasteiger partial charge in [-0.15, -0.1) is 0 Å². The summed E-state index contributed by atoms with van der Waals surface area (Å²) < 4.78 is 0. The molecule has 82 valence electrons. The van der Waals surface area contributed by atoms with E-state index in [0.29, 0.717) is 0 Å². The van der Waals surface area contributed by atoms with E-state index in [1.54, 1.807) is 0 Å². The van der Waals surface area contributed by atoms with E-state index in [2.05, 4.69) is 27.7 Å². The van der Waals surface area contributed by atoms with Gasteiger partial charge in [0.2, 0.25) is 0 Å². The lowest BCUT2D eigenvalue weighted by molar-refractivity contribution is 0.612. The molecule has 0 heterocycles. The van der Waals surface area contributed by atoms with Crippen molar-refractivity contribution in [2.75, 3.05) is 0 Å². The first-order valence-electron chi connectivity index (χ1n) is 6.16. The SMILES string of the molecule is CC.CC1CCCC1.CCC(C)C. The summed E-state index contributed by atoms with van der Waals surface area (Å²) in [6.45, 7) is 13.0. The van der Waals surface area contributed by atoms with Gasteiger partial charge in [-0.1, -0.05) is 73.6 Å². The van der Waals surface area contributed by atoms with Crippen molar-refractivity contribution >= 4 is 0 Å². The van der Waals surface area contributed by atoms with Crippen LogP contribution in [0, 0.1) is 11.8 Å². The molecule has 0 N–H and O–H groups in total. The molecule has 0 bridgehead atoms. The molecule has 0 amide bonds. The third-order valence-electron chi connectivity index (χ3n) is 2.46. The molecule has 0 aromatic heterocycles. The summed E-state index contributed by atoms with van der Waals surface area (Å²) >= 11 is 0. The van der Waals surface area contributed by atoms with Crippen LogP contribution in [0.4, 0.5) is 0 Å². The quantitative estimate of drug-likeness (QED) is 0.523. The van der Waals surface area contributed by atoms with Crippen molar-refractivity contribution in [2.24, 2.45) is 11.8 Å². The van der Waals surface area contributed by atoms with E-state index < -0.39 is 0 Å². The Hall–Kier alpha value is 0. The van der Waals surface area contributed by atoms with Crippen molar-refractivity contribution in [3.63, 3.8) is 0 Å². The van der Waals surface area contributed by atoms with Crippen molar-refractivity contribution < 1.29 is 0 Å². The average Bonchev–Trinajstić information content (AvgIpc) is 2.60. The summed E-state index contributed by atoms with van der Waals surface area (Å²) in [7, 11) is 0. The maximum absolute atomic E-state index is 2.34. The van der Waals surface area contributed by atoms with Crippen LogP contribution in [0.1, 0.15) is 73.6 Å². The Bertz CT molecular complexity index is 68.1. The van der Waals surface area contributed by atoms with Crippen molar-refractivity contribution in [3.05, 3.63) is 0 Å². The molecule has 1 fully saturated rings. The van der Waals surface area contributed by atoms with Gasteiger partial charge in [0.1, 0.15) is 0 Å². The summed E-state index contributed by atoms with van der Waals surface area (Å²) in [6.07, 6.45) is 7.25. The lowest BCUT2D eigenvalue weighted by Gasteiger charge is -1.91. The second-order valence-corrected chi connectivity index (χ2v) is 4.19. The van der Waals surface area contributed by atoms with Crippen LogP contribution in [0.5, 0.6) is 0 Å². The van der Waals surface area contributed by atoms with Gasteiger partial charge in [-0.3, -0.25) is 0 Å². The molecule has 0 radical (unpaired) electrons. The highest BCUT2D eigenvalue weighted by molar-refractivity contribution is 4.60. The van der Waals surface area contributed by atoms with Crippen LogP contribution < -0.4 is 0 Å². The predicted octanol–water partition coefficient (Wildman–Crippen LogP) is 5.28. The van der Waals surface area contributed by atoms with Gasteiger partial charge in [0.15, 0.2) is 0 Å². The smallest absolute Gasteiger partial charge is 0.0443 e. The molecule has 1 aliphatic rings. The van der Waals surface area contributed by atoms with Gasteiger partial charge in [0, 0.05) is 0 Å². The van der Waals surface area contributed by atoms with Crippen LogP contribution in [0.15, 0.2) is 0 Å². The fourth-order valence-electron chi connectivity index (χ4n) is 1.13. The topological polar surface area (TPSA) is 0 Å². The lowest BCUT2D eigenvalue weighted by atomic mass is 10.2. The minimum atomic E-state index is 0.884. The zero-order valence-corrected chi connectivity index (χ0v) is 10.7. The van der Waals surface area contributed by atoms with Crippen LogP contribution in [-0.4, -0.2) is 0 Å². The van der Waals surface area contributed by atoms with Crippen LogP contribution >= 0.6 is 0 Å². The Morgan fingerprint density at radius 1 is 1.08 bits per heavy atom. The molecule has 0 atom stereocenters. The summed E-state index contributed by atoms with van der Waals surface area (Å²) in [5.41, 5.74) is 0. The van der Waals surface area contributed by atoms with Gasteiger partial charge in [0.25, 0.3) is 0 Å². The third-order valence-corrected chi connectivity index (χ3v) is 2.46. The maximum atomic E-state index is 2.34. The maximum Gasteiger partial charge on any atom is -0.0443 e. The summed E-state index contributed by atoms with van der Waals surface area (Å²) in [4.78, 5) is 0. The van der Waals surface area contributed by atoms with Crippen LogP contribution in [0.3, 0.4) is 0 Å². The molecule has 0 saturated heterocycles. The third kappa shape index (κ3) is 14.8. The van der Waals surface area contributed by atoms with E-state index in [4.69, 9.17) is 0 Å². The minimum Gasteiger partial charge on any atom is -0.0683 e. The van der Waals surface area contributed by atoms with Gasteiger partial charge < -0.3 is 0 Å². The molecule has 0 aromatic rings. The fraction of sp³-hybridized carbons (Fsp3) is 1.00. The first kappa shape index (κ1) is 15.5. The zero-order valence-electron chi connectivity index (χ0n) is 10.7. The molecule has 0 aromatic carbocycles. The Kier molecular flexibility index (Phi) is 14.3. The van der Waals surface area contributed by atoms with Crippen LogP contribution in [0.25, 0.3) is 0 Å². The van der Waals surface area contributed by atoms with Crippen LogP contribution in [0.2, 0.25) is 0 Å². The van der Waals surface area contributed by atoms with Gasteiger partial charge in [-0.2, -0.15) is 0 Å². The standard InChI is InChI=1S/C6H12.C5H12.C2H6/c1-6-4-2-3-5-6;1-4-5(2)3;1-2/h6H,2-5H2,1H3;5H,4H2,1-3H3;1-2H3. The van der Waals surface area contributed by atoms with Gasteiger partial charge >= 0.3 is 0 Å². The second-order valence-electron chi connectivity index (χ2n) is 4.19. The van der Waals surface area contributed by atoms with E-state index in [-0.39, 0.29) is 0 Å². The molecule has 0 aliphatic heterocycles. The second kappa shape index (κ2) is 12.0. The monoisotopic (exact) mass is 186 g/mol. The Morgan fingerprint density at radius 2 is 1.38 bits per heavy atom.